The topological polar surface area (TPSA) is 84.4 Å². The van der Waals surface area contributed by atoms with E-state index in [1.165, 1.54) is 4.31 Å². The smallest absolute Gasteiger partial charge is 0.326 e. The average molecular weight is 401 g/mol. The van der Waals surface area contributed by atoms with Gasteiger partial charge in [0.1, 0.15) is 5.75 Å². The number of aromatic nitrogens is 2. The van der Waals surface area contributed by atoms with Crippen LogP contribution in [0.1, 0.15) is 24.4 Å². The molecular weight excluding hydrogens is 378 g/mol. The SMILES string of the molecule is COc1ccc(S(=O)(=O)N2CCC(n3c(=O)[nH]c4ccccc43)CC2)c(C)c1. The molecule has 0 bridgehead atoms. The molecule has 2 aromatic carbocycles. The maximum Gasteiger partial charge on any atom is 0.326 e. The number of H-pyrrole nitrogens is 1. The Kier molecular flexibility index (Phi) is 4.76. The molecule has 1 N–H and O–H groups in total. The predicted molar refractivity (Wildman–Crippen MR) is 107 cm³/mol. The van der Waals surface area contributed by atoms with Crippen LogP contribution in [0.3, 0.4) is 0 Å². The number of fused-ring (bicyclic) bond motifs is 1. The quantitative estimate of drug-likeness (QED) is 0.728. The number of benzene rings is 2. The highest BCUT2D eigenvalue weighted by Gasteiger charge is 2.32. The summed E-state index contributed by atoms with van der Waals surface area (Å²) in [7, 11) is -2.02. The van der Waals surface area contributed by atoms with Crippen molar-refractivity contribution in [3.8, 4) is 5.75 Å². The van der Waals surface area contributed by atoms with Gasteiger partial charge in [-0.15, -0.1) is 0 Å². The van der Waals surface area contributed by atoms with Crippen LogP contribution in [-0.4, -0.2) is 42.5 Å². The lowest BCUT2D eigenvalue weighted by Crippen LogP contribution is -2.40. The van der Waals surface area contributed by atoms with E-state index in [9.17, 15) is 13.2 Å². The number of methoxy groups -OCH3 is 1. The number of nitrogens with one attached hydrogen (secondary N) is 1. The Balaban J connectivity index is 1.57. The lowest BCUT2D eigenvalue weighted by Gasteiger charge is -2.32. The number of piperidine rings is 1. The van der Waals surface area contributed by atoms with Crippen molar-refractivity contribution in [1.29, 1.82) is 0 Å². The van der Waals surface area contributed by atoms with E-state index in [4.69, 9.17) is 4.74 Å². The van der Waals surface area contributed by atoms with Crippen molar-refractivity contribution >= 4 is 21.1 Å². The van der Waals surface area contributed by atoms with Crippen molar-refractivity contribution in [2.45, 2.75) is 30.7 Å². The van der Waals surface area contributed by atoms with Crippen LogP contribution in [0.5, 0.6) is 5.75 Å². The first kappa shape index (κ1) is 18.8. The first-order valence-corrected chi connectivity index (χ1v) is 10.7. The van der Waals surface area contributed by atoms with E-state index in [1.54, 1.807) is 36.8 Å². The molecule has 1 fully saturated rings. The molecule has 4 rings (SSSR count). The van der Waals surface area contributed by atoms with Gasteiger partial charge in [-0.2, -0.15) is 4.31 Å². The first-order chi connectivity index (χ1) is 13.4. The largest absolute Gasteiger partial charge is 0.497 e. The fourth-order valence-corrected chi connectivity index (χ4v) is 5.63. The number of para-hydroxylation sites is 2. The molecule has 0 aliphatic carbocycles. The van der Waals surface area contributed by atoms with Crippen LogP contribution in [-0.2, 0) is 10.0 Å². The number of hydrogen-bond acceptors (Lipinski definition) is 4. The molecule has 8 heteroatoms. The van der Waals surface area contributed by atoms with Crippen molar-refractivity contribution in [3.63, 3.8) is 0 Å². The Labute approximate surface area is 163 Å². The number of sulfonamides is 1. The third-order valence-electron chi connectivity index (χ3n) is 5.41. The van der Waals surface area contributed by atoms with Crippen LogP contribution in [0.4, 0.5) is 0 Å². The molecule has 2 heterocycles. The minimum absolute atomic E-state index is 0.0212. The lowest BCUT2D eigenvalue weighted by atomic mass is 10.1. The monoisotopic (exact) mass is 401 g/mol. The normalized spacial score (nSPS) is 16.5. The molecule has 7 nitrogen and oxygen atoms in total. The summed E-state index contributed by atoms with van der Waals surface area (Å²) in [6.07, 6.45) is 1.19. The Hall–Kier alpha value is -2.58. The van der Waals surface area contributed by atoms with E-state index >= 15 is 0 Å². The highest BCUT2D eigenvalue weighted by molar-refractivity contribution is 7.89. The van der Waals surface area contributed by atoms with Gasteiger partial charge in [-0.05, 0) is 55.7 Å². The second-order valence-corrected chi connectivity index (χ2v) is 8.99. The number of nitrogens with zero attached hydrogens (tertiary/aromatic N) is 2. The van der Waals surface area contributed by atoms with Gasteiger partial charge in [0.15, 0.2) is 0 Å². The molecule has 0 saturated carbocycles. The summed E-state index contributed by atoms with van der Waals surface area (Å²) in [4.78, 5) is 15.6. The molecule has 1 aliphatic rings. The number of rotatable bonds is 4. The molecular formula is C20H23N3O4S. The van der Waals surface area contributed by atoms with Gasteiger partial charge < -0.3 is 9.72 Å². The summed E-state index contributed by atoms with van der Waals surface area (Å²) < 4.78 is 34.6. The second-order valence-electron chi connectivity index (χ2n) is 7.08. The fraction of sp³-hybridized carbons (Fsp3) is 0.350. The van der Waals surface area contributed by atoms with Gasteiger partial charge in [-0.1, -0.05) is 12.1 Å². The summed E-state index contributed by atoms with van der Waals surface area (Å²) >= 11 is 0. The molecule has 3 aromatic rings. The maximum absolute atomic E-state index is 13.1. The molecule has 1 aliphatic heterocycles. The summed E-state index contributed by atoms with van der Waals surface area (Å²) in [5.41, 5.74) is 2.18. The van der Waals surface area contributed by atoms with E-state index in [-0.39, 0.29) is 11.7 Å². The third-order valence-corrected chi connectivity index (χ3v) is 7.47. The van der Waals surface area contributed by atoms with Crippen molar-refractivity contribution in [2.24, 2.45) is 0 Å². The third kappa shape index (κ3) is 3.12. The van der Waals surface area contributed by atoms with Gasteiger partial charge in [0, 0.05) is 19.1 Å². The van der Waals surface area contributed by atoms with E-state index in [0.717, 1.165) is 11.0 Å². The molecule has 28 heavy (non-hydrogen) atoms. The Morgan fingerprint density at radius 1 is 1.11 bits per heavy atom. The minimum Gasteiger partial charge on any atom is -0.497 e. The molecule has 148 valence electrons. The second kappa shape index (κ2) is 7.10. The van der Waals surface area contributed by atoms with Crippen molar-refractivity contribution in [2.75, 3.05) is 20.2 Å². The van der Waals surface area contributed by atoms with Crippen molar-refractivity contribution in [3.05, 3.63) is 58.5 Å². The van der Waals surface area contributed by atoms with E-state index in [2.05, 4.69) is 4.98 Å². The highest BCUT2D eigenvalue weighted by atomic mass is 32.2. The number of ether oxygens (including phenoxy) is 1. The highest BCUT2D eigenvalue weighted by Crippen LogP contribution is 2.30. The number of imidazole rings is 1. The Morgan fingerprint density at radius 3 is 2.50 bits per heavy atom. The summed E-state index contributed by atoms with van der Waals surface area (Å²) in [6.45, 7) is 2.53. The fourth-order valence-electron chi connectivity index (χ4n) is 3.95. The van der Waals surface area contributed by atoms with E-state index < -0.39 is 10.0 Å². The zero-order chi connectivity index (χ0) is 19.9. The van der Waals surface area contributed by atoms with Crippen LogP contribution < -0.4 is 10.4 Å². The molecule has 0 atom stereocenters. The number of aryl methyl sites for hydroxylation is 1. The molecule has 0 unspecified atom stereocenters. The van der Waals surface area contributed by atoms with E-state index in [1.807, 2.05) is 24.3 Å². The molecule has 0 radical (unpaired) electrons. The van der Waals surface area contributed by atoms with Crippen LogP contribution >= 0.6 is 0 Å². The van der Waals surface area contributed by atoms with Crippen LogP contribution in [0, 0.1) is 6.92 Å². The van der Waals surface area contributed by atoms with Gasteiger partial charge in [-0.25, -0.2) is 13.2 Å². The Morgan fingerprint density at radius 2 is 1.82 bits per heavy atom. The molecule has 1 aromatic heterocycles. The van der Waals surface area contributed by atoms with E-state index in [0.29, 0.717) is 42.1 Å². The number of hydrogen-bond donors (Lipinski definition) is 1. The van der Waals surface area contributed by atoms with Gasteiger partial charge in [-0.3, -0.25) is 4.57 Å². The van der Waals surface area contributed by atoms with Crippen LogP contribution in [0.25, 0.3) is 11.0 Å². The first-order valence-electron chi connectivity index (χ1n) is 9.26. The van der Waals surface area contributed by atoms with Crippen LogP contribution in [0.15, 0.2) is 52.2 Å². The lowest BCUT2D eigenvalue weighted by molar-refractivity contribution is 0.274. The van der Waals surface area contributed by atoms with Gasteiger partial charge in [0.25, 0.3) is 0 Å². The van der Waals surface area contributed by atoms with Gasteiger partial charge >= 0.3 is 5.69 Å². The van der Waals surface area contributed by atoms with Gasteiger partial charge in [0.05, 0.1) is 23.0 Å². The van der Waals surface area contributed by atoms with Crippen molar-refractivity contribution < 1.29 is 13.2 Å². The standard InChI is InChI=1S/C20H23N3O4S/c1-14-13-16(27-2)7-8-19(14)28(25,26)22-11-9-15(10-12-22)23-18-6-4-3-5-17(18)21-20(23)24/h3-8,13,15H,9-12H2,1-2H3,(H,21,24). The molecule has 1 saturated heterocycles. The van der Waals surface area contributed by atoms with Crippen molar-refractivity contribution in [1.82, 2.24) is 13.9 Å². The molecule has 0 spiro atoms. The Bertz CT molecular complexity index is 1170. The average Bonchev–Trinajstić information content (AvgIpc) is 3.03. The van der Waals surface area contributed by atoms with Gasteiger partial charge in [0.2, 0.25) is 10.0 Å². The molecule has 0 amide bonds. The zero-order valence-corrected chi connectivity index (χ0v) is 16.7. The summed E-state index contributed by atoms with van der Waals surface area (Å²) in [6, 6.07) is 12.5. The zero-order valence-electron chi connectivity index (χ0n) is 15.9. The number of aromatic amines is 1. The summed E-state index contributed by atoms with van der Waals surface area (Å²) in [5, 5.41) is 0. The maximum atomic E-state index is 13.1. The minimum atomic E-state index is -3.58. The predicted octanol–water partition coefficient (Wildman–Crippen LogP) is 2.67. The summed E-state index contributed by atoms with van der Waals surface area (Å²) in [5.74, 6) is 0.633. The van der Waals surface area contributed by atoms with Crippen LogP contribution in [0.2, 0.25) is 0 Å².